The van der Waals surface area contributed by atoms with Crippen LogP contribution in [0.5, 0.6) is 0 Å². The Morgan fingerprint density at radius 2 is 2.15 bits per heavy atom. The molecule has 2 heterocycles. The molecule has 0 radical (unpaired) electrons. The lowest BCUT2D eigenvalue weighted by molar-refractivity contribution is 0.639. The smallest absolute Gasteiger partial charge is 0.169 e. The van der Waals surface area contributed by atoms with Gasteiger partial charge in [-0.15, -0.1) is 0 Å². The zero-order valence-electron chi connectivity index (χ0n) is 11.3. The van der Waals surface area contributed by atoms with Crippen molar-refractivity contribution in [3.63, 3.8) is 0 Å². The van der Waals surface area contributed by atoms with E-state index in [9.17, 15) is 4.39 Å². The Kier molecular flexibility index (Phi) is 3.06. The third kappa shape index (κ3) is 2.20. The minimum atomic E-state index is -0.274. The van der Waals surface area contributed by atoms with Crippen LogP contribution >= 0.6 is 0 Å². The number of aryl methyl sites for hydroxylation is 1. The number of aromatic nitrogens is 4. The van der Waals surface area contributed by atoms with Crippen LogP contribution in [0.15, 0.2) is 30.5 Å². The summed E-state index contributed by atoms with van der Waals surface area (Å²) in [5.41, 5.74) is 0. The third-order valence-corrected chi connectivity index (χ3v) is 3.10. The maximum atomic E-state index is 14.0. The maximum absolute atomic E-state index is 14.0. The molecule has 0 spiro atoms. The van der Waals surface area contributed by atoms with Gasteiger partial charge in [0, 0.05) is 13.2 Å². The van der Waals surface area contributed by atoms with E-state index >= 15 is 0 Å². The van der Waals surface area contributed by atoms with Gasteiger partial charge in [-0.25, -0.2) is 14.4 Å². The van der Waals surface area contributed by atoms with Gasteiger partial charge < -0.3 is 4.90 Å². The van der Waals surface area contributed by atoms with E-state index in [2.05, 4.69) is 20.2 Å². The fourth-order valence-electron chi connectivity index (χ4n) is 2.20. The van der Waals surface area contributed by atoms with Crippen molar-refractivity contribution >= 4 is 16.6 Å². The summed E-state index contributed by atoms with van der Waals surface area (Å²) in [5.74, 6) is 1.72. The number of fused-ring (bicyclic) bond motifs is 1. The quantitative estimate of drug-likeness (QED) is 0.795. The number of hydrogen-bond acceptors (Lipinski definition) is 4. The van der Waals surface area contributed by atoms with Gasteiger partial charge in [0.15, 0.2) is 5.82 Å². The molecule has 0 aliphatic rings. The van der Waals surface area contributed by atoms with Crippen molar-refractivity contribution in [1.82, 2.24) is 20.2 Å². The topological polar surface area (TPSA) is 57.7 Å². The van der Waals surface area contributed by atoms with Gasteiger partial charge >= 0.3 is 0 Å². The molecule has 1 aromatic carbocycles. The predicted octanol–water partition coefficient (Wildman–Crippen LogP) is 2.44. The van der Waals surface area contributed by atoms with Crippen LogP contribution in [0.4, 0.5) is 10.2 Å². The molecule has 0 bridgehead atoms. The van der Waals surface area contributed by atoms with Gasteiger partial charge in [-0.05, 0) is 24.4 Å². The van der Waals surface area contributed by atoms with Crippen molar-refractivity contribution in [1.29, 1.82) is 0 Å². The molecular formula is C14H14FN5. The summed E-state index contributed by atoms with van der Waals surface area (Å²) in [6.45, 7) is 2.30. The number of aromatic amines is 1. The van der Waals surface area contributed by atoms with Crippen molar-refractivity contribution in [2.45, 2.75) is 13.5 Å². The molecule has 0 saturated heterocycles. The molecule has 0 unspecified atom stereocenters. The Hall–Kier alpha value is -2.50. The van der Waals surface area contributed by atoms with Gasteiger partial charge in [-0.3, -0.25) is 5.10 Å². The second-order valence-electron chi connectivity index (χ2n) is 4.67. The number of anilines is 1. The van der Waals surface area contributed by atoms with Crippen LogP contribution < -0.4 is 4.90 Å². The molecule has 0 amide bonds. The van der Waals surface area contributed by atoms with Crippen LogP contribution in [0.1, 0.15) is 11.6 Å². The van der Waals surface area contributed by atoms with Gasteiger partial charge in [0.25, 0.3) is 0 Å². The lowest BCUT2D eigenvalue weighted by Gasteiger charge is -2.18. The summed E-state index contributed by atoms with van der Waals surface area (Å²) in [4.78, 5) is 10.4. The van der Waals surface area contributed by atoms with Gasteiger partial charge in [-0.1, -0.05) is 12.1 Å². The van der Waals surface area contributed by atoms with Crippen LogP contribution in [-0.2, 0) is 6.54 Å². The Bertz CT molecular complexity index is 747. The first-order valence-electron chi connectivity index (χ1n) is 6.27. The first-order chi connectivity index (χ1) is 9.65. The highest BCUT2D eigenvalue weighted by atomic mass is 19.1. The molecule has 2 aromatic heterocycles. The fraction of sp³-hybridized carbons (Fsp3) is 0.214. The summed E-state index contributed by atoms with van der Waals surface area (Å²) in [7, 11) is 1.85. The Morgan fingerprint density at radius 3 is 2.90 bits per heavy atom. The molecule has 1 N–H and O–H groups in total. The minimum Gasteiger partial charge on any atom is -0.351 e. The molecule has 0 aliphatic carbocycles. The number of nitrogens with one attached hydrogen (secondary N) is 1. The molecule has 0 atom stereocenters. The van der Waals surface area contributed by atoms with Gasteiger partial charge in [0.2, 0.25) is 0 Å². The summed E-state index contributed by atoms with van der Waals surface area (Å²) in [5, 5.41) is 8.22. The monoisotopic (exact) mass is 271 g/mol. The summed E-state index contributed by atoms with van der Waals surface area (Å²) in [6.07, 6.45) is 1.68. The zero-order chi connectivity index (χ0) is 14.1. The first kappa shape index (κ1) is 12.5. The van der Waals surface area contributed by atoms with Crippen LogP contribution in [-0.4, -0.2) is 27.2 Å². The zero-order valence-corrected chi connectivity index (χ0v) is 11.3. The second-order valence-corrected chi connectivity index (χ2v) is 4.67. The van der Waals surface area contributed by atoms with Crippen molar-refractivity contribution in [3.05, 3.63) is 47.9 Å². The van der Waals surface area contributed by atoms with E-state index in [1.165, 1.54) is 6.07 Å². The Morgan fingerprint density at radius 1 is 1.30 bits per heavy atom. The SMILES string of the molecule is Cc1nc(CN(C)c2nccc3cccc(F)c23)n[nH]1. The van der Waals surface area contributed by atoms with Gasteiger partial charge in [-0.2, -0.15) is 5.10 Å². The minimum absolute atomic E-state index is 0.274. The average Bonchev–Trinajstić information content (AvgIpc) is 2.84. The lowest BCUT2D eigenvalue weighted by Crippen LogP contribution is -2.19. The fourth-order valence-corrected chi connectivity index (χ4v) is 2.20. The average molecular weight is 271 g/mol. The van der Waals surface area contributed by atoms with E-state index in [0.717, 1.165) is 11.2 Å². The highest BCUT2D eigenvalue weighted by Crippen LogP contribution is 2.26. The van der Waals surface area contributed by atoms with E-state index in [4.69, 9.17) is 0 Å². The largest absolute Gasteiger partial charge is 0.351 e. The number of pyridine rings is 1. The molecule has 0 fully saturated rings. The number of hydrogen-bond donors (Lipinski definition) is 1. The molecule has 0 aliphatic heterocycles. The van der Waals surface area contributed by atoms with Crippen LogP contribution in [0.3, 0.4) is 0 Å². The van der Waals surface area contributed by atoms with Crippen LogP contribution in [0.25, 0.3) is 10.8 Å². The van der Waals surface area contributed by atoms with Crippen molar-refractivity contribution in [2.24, 2.45) is 0 Å². The van der Waals surface area contributed by atoms with Crippen molar-refractivity contribution < 1.29 is 4.39 Å². The molecule has 20 heavy (non-hydrogen) atoms. The number of benzene rings is 1. The van der Waals surface area contributed by atoms with Crippen LogP contribution in [0.2, 0.25) is 0 Å². The van der Waals surface area contributed by atoms with E-state index in [1.54, 1.807) is 18.3 Å². The van der Waals surface area contributed by atoms with E-state index in [1.807, 2.05) is 24.9 Å². The number of halogens is 1. The molecular weight excluding hydrogens is 257 g/mol. The first-order valence-corrected chi connectivity index (χ1v) is 6.27. The predicted molar refractivity (Wildman–Crippen MR) is 74.9 cm³/mol. The highest BCUT2D eigenvalue weighted by Gasteiger charge is 2.13. The highest BCUT2D eigenvalue weighted by molar-refractivity contribution is 5.92. The number of nitrogens with zero attached hydrogens (tertiary/aromatic N) is 4. The summed E-state index contributed by atoms with van der Waals surface area (Å²) >= 11 is 0. The number of H-pyrrole nitrogens is 1. The molecule has 102 valence electrons. The normalized spacial score (nSPS) is 10.9. The molecule has 0 saturated carbocycles. The van der Waals surface area contributed by atoms with Crippen molar-refractivity contribution in [3.8, 4) is 0 Å². The van der Waals surface area contributed by atoms with E-state index in [-0.39, 0.29) is 5.82 Å². The van der Waals surface area contributed by atoms with E-state index < -0.39 is 0 Å². The maximum Gasteiger partial charge on any atom is 0.169 e. The molecule has 6 heteroatoms. The van der Waals surface area contributed by atoms with Gasteiger partial charge in [0.1, 0.15) is 17.5 Å². The van der Waals surface area contributed by atoms with Crippen LogP contribution in [0, 0.1) is 12.7 Å². The Balaban J connectivity index is 2.01. The summed E-state index contributed by atoms with van der Waals surface area (Å²) < 4.78 is 14.0. The number of rotatable bonds is 3. The van der Waals surface area contributed by atoms with E-state index in [0.29, 0.717) is 23.6 Å². The third-order valence-electron chi connectivity index (χ3n) is 3.10. The van der Waals surface area contributed by atoms with Crippen molar-refractivity contribution in [2.75, 3.05) is 11.9 Å². The lowest BCUT2D eigenvalue weighted by atomic mass is 10.1. The molecule has 5 nitrogen and oxygen atoms in total. The standard InChI is InChI=1S/C14H14FN5/c1-9-17-12(19-18-9)8-20(2)14-13-10(6-7-16-14)4-3-5-11(13)15/h3-7H,8H2,1-2H3,(H,17,18,19). The molecule has 3 aromatic rings. The Labute approximate surface area is 115 Å². The van der Waals surface area contributed by atoms with Gasteiger partial charge in [0.05, 0.1) is 11.9 Å². The summed E-state index contributed by atoms with van der Waals surface area (Å²) in [6, 6.07) is 6.81. The molecule has 3 rings (SSSR count). The second kappa shape index (κ2) is 4.88.